The highest BCUT2D eigenvalue weighted by Crippen LogP contribution is 2.23. The molecule has 0 radical (unpaired) electrons. The molecule has 1 aromatic rings. The normalized spacial score (nSPS) is 17.4. The number of hydrogen-bond donors (Lipinski definition) is 1. The summed E-state index contributed by atoms with van der Waals surface area (Å²) in [4.78, 5) is 2.10. The van der Waals surface area contributed by atoms with Gasteiger partial charge in [0.2, 0.25) is 10.0 Å². The van der Waals surface area contributed by atoms with Gasteiger partial charge < -0.3 is 10.2 Å². The van der Waals surface area contributed by atoms with E-state index in [1.54, 1.807) is 6.07 Å². The van der Waals surface area contributed by atoms with Crippen molar-refractivity contribution in [3.8, 4) is 0 Å². The van der Waals surface area contributed by atoms with E-state index in [9.17, 15) is 12.8 Å². The van der Waals surface area contributed by atoms with Crippen LogP contribution in [0.1, 0.15) is 5.56 Å². The van der Waals surface area contributed by atoms with Gasteiger partial charge in [0.1, 0.15) is 5.82 Å². The van der Waals surface area contributed by atoms with E-state index in [0.717, 1.165) is 11.3 Å². The number of hydrogen-bond acceptors (Lipinski definition) is 4. The van der Waals surface area contributed by atoms with Gasteiger partial charge in [-0.25, -0.2) is 12.8 Å². The summed E-state index contributed by atoms with van der Waals surface area (Å²) in [6.45, 7) is 2.76. The van der Waals surface area contributed by atoms with Crippen LogP contribution in [-0.4, -0.2) is 52.2 Å². The number of benzene rings is 1. The van der Waals surface area contributed by atoms with Crippen LogP contribution in [0.2, 0.25) is 0 Å². The Kier molecular flexibility index (Phi) is 4.62. The lowest BCUT2D eigenvalue weighted by atomic mass is 10.1. The van der Waals surface area contributed by atoms with Crippen LogP contribution in [0.15, 0.2) is 18.2 Å². The number of halogens is 1. The second-order valence-electron chi connectivity index (χ2n) is 4.95. The number of anilines is 1. The molecule has 0 unspecified atom stereocenters. The summed E-state index contributed by atoms with van der Waals surface area (Å²) in [6.07, 6.45) is 1.23. The molecule has 2 rings (SSSR count). The fraction of sp³-hybridized carbons (Fsp3) is 0.538. The van der Waals surface area contributed by atoms with E-state index in [-0.39, 0.29) is 5.82 Å². The van der Waals surface area contributed by atoms with Gasteiger partial charge in [-0.1, -0.05) is 0 Å². The highest BCUT2D eigenvalue weighted by atomic mass is 32.2. The molecule has 0 spiro atoms. The van der Waals surface area contributed by atoms with Crippen LogP contribution in [0.4, 0.5) is 10.1 Å². The van der Waals surface area contributed by atoms with Crippen LogP contribution in [0.5, 0.6) is 0 Å². The molecular formula is C13H20FN3O2S. The Morgan fingerprint density at radius 1 is 1.25 bits per heavy atom. The summed E-state index contributed by atoms with van der Waals surface area (Å²) in [7, 11) is -1.31. The third-order valence-corrected chi connectivity index (χ3v) is 4.76. The first-order chi connectivity index (χ1) is 9.41. The van der Waals surface area contributed by atoms with Crippen LogP contribution in [-0.2, 0) is 16.6 Å². The number of nitrogens with one attached hydrogen (secondary N) is 1. The topological polar surface area (TPSA) is 52.6 Å². The highest BCUT2D eigenvalue weighted by Gasteiger charge is 2.24. The molecule has 20 heavy (non-hydrogen) atoms. The monoisotopic (exact) mass is 301 g/mol. The first kappa shape index (κ1) is 15.2. The summed E-state index contributed by atoms with van der Waals surface area (Å²) in [5, 5.41) is 3.02. The van der Waals surface area contributed by atoms with Gasteiger partial charge in [-0.15, -0.1) is 0 Å². The van der Waals surface area contributed by atoms with Crippen LogP contribution in [0.25, 0.3) is 0 Å². The Bertz CT molecular complexity index is 569. The third-order valence-electron chi connectivity index (χ3n) is 3.46. The molecule has 7 heteroatoms. The van der Waals surface area contributed by atoms with Gasteiger partial charge in [0.15, 0.2) is 0 Å². The van der Waals surface area contributed by atoms with Gasteiger partial charge in [-0.05, 0) is 30.8 Å². The Balaban J connectivity index is 2.14. The highest BCUT2D eigenvalue weighted by molar-refractivity contribution is 7.88. The Hall–Kier alpha value is -1.18. The van der Waals surface area contributed by atoms with Crippen molar-refractivity contribution in [1.29, 1.82) is 0 Å². The lowest BCUT2D eigenvalue weighted by Crippen LogP contribution is -2.48. The molecule has 112 valence electrons. The van der Waals surface area contributed by atoms with E-state index in [0.29, 0.717) is 32.7 Å². The maximum atomic E-state index is 13.3. The molecule has 1 fully saturated rings. The fourth-order valence-electron chi connectivity index (χ4n) is 2.46. The van der Waals surface area contributed by atoms with Gasteiger partial charge in [0, 0.05) is 38.4 Å². The predicted octanol–water partition coefficient (Wildman–Crippen LogP) is 0.627. The SMILES string of the molecule is CNCc1cc(F)ccc1N1CCN(S(C)(=O)=O)CC1. The minimum atomic E-state index is -3.12. The molecule has 1 aromatic carbocycles. The standard InChI is InChI=1S/C13H20FN3O2S/c1-15-10-11-9-12(14)3-4-13(11)16-5-7-17(8-6-16)20(2,18)19/h3-4,9,15H,5-8,10H2,1-2H3. The second kappa shape index (κ2) is 6.07. The molecule has 0 bridgehead atoms. The van der Waals surface area contributed by atoms with Crippen molar-refractivity contribution in [2.45, 2.75) is 6.54 Å². The molecule has 0 saturated carbocycles. The molecule has 0 amide bonds. The van der Waals surface area contributed by atoms with E-state index in [2.05, 4.69) is 10.2 Å². The molecule has 1 saturated heterocycles. The molecule has 0 atom stereocenters. The molecule has 0 aliphatic carbocycles. The number of piperazine rings is 1. The number of sulfonamides is 1. The van der Waals surface area contributed by atoms with Crippen molar-refractivity contribution in [2.75, 3.05) is 44.4 Å². The Morgan fingerprint density at radius 3 is 2.45 bits per heavy atom. The van der Waals surface area contributed by atoms with Gasteiger partial charge in [0.25, 0.3) is 0 Å². The smallest absolute Gasteiger partial charge is 0.211 e. The lowest BCUT2D eigenvalue weighted by molar-refractivity contribution is 0.387. The van der Waals surface area contributed by atoms with E-state index >= 15 is 0 Å². The lowest BCUT2D eigenvalue weighted by Gasteiger charge is -2.35. The van der Waals surface area contributed by atoms with Gasteiger partial charge in [0.05, 0.1) is 6.26 Å². The third kappa shape index (κ3) is 3.47. The van der Waals surface area contributed by atoms with E-state index in [4.69, 9.17) is 0 Å². The van der Waals surface area contributed by atoms with E-state index < -0.39 is 10.0 Å². The van der Waals surface area contributed by atoms with Crippen LogP contribution < -0.4 is 10.2 Å². The van der Waals surface area contributed by atoms with Crippen LogP contribution in [0.3, 0.4) is 0 Å². The zero-order chi connectivity index (χ0) is 14.8. The van der Waals surface area contributed by atoms with Gasteiger partial charge in [-0.3, -0.25) is 0 Å². The molecule has 0 aromatic heterocycles. The van der Waals surface area contributed by atoms with E-state index in [1.165, 1.54) is 22.7 Å². The quantitative estimate of drug-likeness (QED) is 0.886. The number of rotatable bonds is 4. The Morgan fingerprint density at radius 2 is 1.90 bits per heavy atom. The average Bonchev–Trinajstić information content (AvgIpc) is 2.38. The maximum Gasteiger partial charge on any atom is 0.211 e. The first-order valence-corrected chi connectivity index (χ1v) is 8.40. The average molecular weight is 301 g/mol. The summed E-state index contributed by atoms with van der Waals surface area (Å²) < 4.78 is 37.8. The first-order valence-electron chi connectivity index (χ1n) is 6.55. The van der Waals surface area contributed by atoms with Crippen molar-refractivity contribution < 1.29 is 12.8 Å². The van der Waals surface area contributed by atoms with Crippen molar-refractivity contribution >= 4 is 15.7 Å². The van der Waals surface area contributed by atoms with Gasteiger partial charge in [-0.2, -0.15) is 4.31 Å². The molecule has 1 aliphatic heterocycles. The minimum Gasteiger partial charge on any atom is -0.369 e. The zero-order valence-corrected chi connectivity index (χ0v) is 12.6. The van der Waals surface area contributed by atoms with Crippen molar-refractivity contribution in [3.05, 3.63) is 29.6 Å². The second-order valence-corrected chi connectivity index (χ2v) is 6.93. The molecule has 1 aliphatic rings. The fourth-order valence-corrected chi connectivity index (χ4v) is 3.28. The van der Waals surface area contributed by atoms with Crippen molar-refractivity contribution in [3.63, 3.8) is 0 Å². The molecule has 1 heterocycles. The van der Waals surface area contributed by atoms with Crippen LogP contribution in [0, 0.1) is 5.82 Å². The summed E-state index contributed by atoms with van der Waals surface area (Å²) in [6, 6.07) is 4.73. The number of nitrogens with zero attached hydrogens (tertiary/aromatic N) is 2. The predicted molar refractivity (Wildman–Crippen MR) is 77.8 cm³/mol. The van der Waals surface area contributed by atoms with Crippen molar-refractivity contribution in [1.82, 2.24) is 9.62 Å². The Labute approximate surface area is 119 Å². The molecule has 1 N–H and O–H groups in total. The minimum absolute atomic E-state index is 0.256. The van der Waals surface area contributed by atoms with Crippen LogP contribution >= 0.6 is 0 Å². The molecule has 5 nitrogen and oxygen atoms in total. The largest absolute Gasteiger partial charge is 0.369 e. The maximum absolute atomic E-state index is 13.3. The summed E-state index contributed by atoms with van der Waals surface area (Å²) in [5.41, 5.74) is 1.86. The molecular weight excluding hydrogens is 281 g/mol. The zero-order valence-electron chi connectivity index (χ0n) is 11.8. The summed E-state index contributed by atoms with van der Waals surface area (Å²) >= 11 is 0. The van der Waals surface area contributed by atoms with E-state index in [1.807, 2.05) is 7.05 Å². The summed E-state index contributed by atoms with van der Waals surface area (Å²) in [5.74, 6) is -0.256. The van der Waals surface area contributed by atoms with Gasteiger partial charge >= 0.3 is 0 Å². The van der Waals surface area contributed by atoms with Crippen molar-refractivity contribution in [2.24, 2.45) is 0 Å².